The second-order valence-electron chi connectivity index (χ2n) is 9.97. The van der Waals surface area contributed by atoms with Gasteiger partial charge < -0.3 is 34.7 Å². The lowest BCUT2D eigenvalue weighted by Gasteiger charge is -2.30. The number of amides is 1. The second-order valence-corrected chi connectivity index (χ2v) is 9.97. The molecule has 4 heterocycles. The van der Waals surface area contributed by atoms with Gasteiger partial charge in [-0.15, -0.1) is 0 Å². The number of pyridine rings is 1. The average molecular weight is 508 g/mol. The van der Waals surface area contributed by atoms with Crippen molar-refractivity contribution in [2.24, 2.45) is 0 Å². The summed E-state index contributed by atoms with van der Waals surface area (Å²) in [6.45, 7) is 3.29. The van der Waals surface area contributed by atoms with E-state index in [9.17, 15) is 9.18 Å². The number of aromatic nitrogens is 2. The lowest BCUT2D eigenvalue weighted by Crippen LogP contribution is -2.42. The van der Waals surface area contributed by atoms with E-state index in [0.717, 1.165) is 37.2 Å². The molecule has 1 saturated heterocycles. The van der Waals surface area contributed by atoms with Crippen LogP contribution < -0.4 is 20.1 Å². The number of H-pyrrole nitrogens is 1. The smallest absolute Gasteiger partial charge is 0.255 e. The summed E-state index contributed by atoms with van der Waals surface area (Å²) >= 11 is 0. The maximum Gasteiger partial charge on any atom is 0.255 e. The van der Waals surface area contributed by atoms with Crippen LogP contribution in [-0.2, 0) is 10.2 Å². The third kappa shape index (κ3) is 4.30. The zero-order valence-electron chi connectivity index (χ0n) is 20.9. The van der Waals surface area contributed by atoms with Crippen LogP contribution in [0.2, 0.25) is 0 Å². The van der Waals surface area contributed by atoms with E-state index in [2.05, 4.69) is 32.5 Å². The van der Waals surface area contributed by atoms with Gasteiger partial charge in [-0.1, -0.05) is 6.07 Å². The van der Waals surface area contributed by atoms with E-state index in [1.54, 1.807) is 24.5 Å². The number of ether oxygens (including phenoxy) is 3. The molecule has 6 rings (SSSR count). The number of rotatable bonds is 7. The van der Waals surface area contributed by atoms with E-state index in [1.807, 2.05) is 6.07 Å². The molecule has 3 aliphatic rings. The minimum absolute atomic E-state index is 0.0571. The Hall–Kier alpha value is -3.63. The number of benzene rings is 1. The Balaban J connectivity index is 1.43. The maximum atomic E-state index is 14.5. The highest BCUT2D eigenvalue weighted by molar-refractivity contribution is 6.07. The van der Waals surface area contributed by atoms with Gasteiger partial charge in [0.05, 0.1) is 42.5 Å². The Bertz CT molecular complexity index is 1340. The number of nitrogens with one attached hydrogen (secondary N) is 3. The highest BCUT2D eigenvalue weighted by Gasteiger charge is 2.51. The lowest BCUT2D eigenvalue weighted by atomic mass is 9.93. The molecule has 37 heavy (non-hydrogen) atoms. The molecular formula is C27H30FN5O4. The summed E-state index contributed by atoms with van der Waals surface area (Å²) in [5.41, 5.74) is 3.71. The predicted octanol–water partition coefficient (Wildman–Crippen LogP) is 3.45. The summed E-state index contributed by atoms with van der Waals surface area (Å²) in [5, 5.41) is 6.35. The topological polar surface area (TPSA) is 101 Å². The van der Waals surface area contributed by atoms with Gasteiger partial charge in [0.2, 0.25) is 0 Å². The predicted molar refractivity (Wildman–Crippen MR) is 136 cm³/mol. The number of morpholine rings is 1. The van der Waals surface area contributed by atoms with Gasteiger partial charge in [0, 0.05) is 42.5 Å². The van der Waals surface area contributed by atoms with Crippen molar-refractivity contribution < 1.29 is 23.4 Å². The fraction of sp³-hybridized carbons (Fsp3) is 0.407. The van der Waals surface area contributed by atoms with Crippen molar-refractivity contribution in [1.82, 2.24) is 20.2 Å². The van der Waals surface area contributed by atoms with Gasteiger partial charge in [0.15, 0.2) is 11.6 Å². The zero-order chi connectivity index (χ0) is 25.6. The zero-order valence-corrected chi connectivity index (χ0v) is 20.9. The van der Waals surface area contributed by atoms with Crippen molar-refractivity contribution in [3.63, 3.8) is 0 Å². The van der Waals surface area contributed by atoms with Crippen molar-refractivity contribution in [3.8, 4) is 22.8 Å². The number of likely N-dealkylation sites (N-methyl/N-ethyl adjacent to an activating group) is 1. The van der Waals surface area contributed by atoms with Crippen molar-refractivity contribution in [2.75, 3.05) is 52.3 Å². The number of hydrogen-bond donors (Lipinski definition) is 3. The summed E-state index contributed by atoms with van der Waals surface area (Å²) in [6.07, 6.45) is 5.26. The molecule has 10 heteroatoms. The summed E-state index contributed by atoms with van der Waals surface area (Å²) in [7, 11) is 3.48. The first-order valence-corrected chi connectivity index (χ1v) is 12.5. The normalized spacial score (nSPS) is 20.3. The summed E-state index contributed by atoms with van der Waals surface area (Å²) < 4.78 is 31.9. The van der Waals surface area contributed by atoms with E-state index in [4.69, 9.17) is 14.2 Å². The summed E-state index contributed by atoms with van der Waals surface area (Å²) in [5.74, 6) is -0.0297. The van der Waals surface area contributed by atoms with Crippen LogP contribution in [0.3, 0.4) is 0 Å². The molecule has 1 spiro atoms. The van der Waals surface area contributed by atoms with Crippen LogP contribution in [0.4, 0.5) is 15.8 Å². The number of aromatic amines is 1. The number of hydrogen-bond acceptors (Lipinski definition) is 7. The fourth-order valence-corrected chi connectivity index (χ4v) is 5.26. The fourth-order valence-electron chi connectivity index (χ4n) is 5.26. The van der Waals surface area contributed by atoms with E-state index in [1.165, 1.54) is 13.2 Å². The minimum Gasteiger partial charge on any atom is -0.492 e. The Morgan fingerprint density at radius 3 is 2.97 bits per heavy atom. The third-order valence-corrected chi connectivity index (χ3v) is 7.45. The molecule has 1 aliphatic carbocycles. The monoisotopic (exact) mass is 507 g/mol. The highest BCUT2D eigenvalue weighted by atomic mass is 19.1. The SMILES string of the molecule is COc1c(F)cccc1Nc1c(-c2ccncc2OC[C@@H]2CN(C)CCO2)[nH]c2c1C(=O)NCC21CC1. The number of fused-ring (bicyclic) bond motifs is 2. The van der Waals surface area contributed by atoms with Gasteiger partial charge in [0.25, 0.3) is 5.91 Å². The third-order valence-electron chi connectivity index (χ3n) is 7.45. The summed E-state index contributed by atoms with van der Waals surface area (Å²) in [4.78, 5) is 23.2. The number of halogens is 1. The van der Waals surface area contributed by atoms with Gasteiger partial charge >= 0.3 is 0 Å². The Morgan fingerprint density at radius 2 is 2.19 bits per heavy atom. The van der Waals surface area contributed by atoms with Gasteiger partial charge in [-0.05, 0) is 38.1 Å². The van der Waals surface area contributed by atoms with Crippen LogP contribution in [-0.4, -0.2) is 73.9 Å². The van der Waals surface area contributed by atoms with Crippen molar-refractivity contribution in [2.45, 2.75) is 24.4 Å². The molecule has 0 unspecified atom stereocenters. The standard InChI is InChI=1S/C27H30FN5O4/c1-33-10-11-36-16(13-33)14-37-20-12-29-9-6-17(20)22-23(31-19-5-3-4-18(28)24(19)35-2)21-25(32-22)27(7-8-27)15-30-26(21)34/h3-6,9,12,16,31-32H,7-8,10-11,13-15H2,1-2H3,(H,30,34)/t16-/m0/s1. The first-order valence-electron chi connectivity index (χ1n) is 12.5. The molecule has 9 nitrogen and oxygen atoms in total. The molecule has 3 aromatic rings. The minimum atomic E-state index is -0.494. The molecule has 0 radical (unpaired) electrons. The molecule has 1 aromatic carbocycles. The number of carbonyl (C=O) groups is 1. The van der Waals surface area contributed by atoms with Gasteiger partial charge in [-0.3, -0.25) is 9.78 Å². The molecule has 2 fully saturated rings. The number of carbonyl (C=O) groups excluding carboxylic acids is 1. The highest BCUT2D eigenvalue weighted by Crippen LogP contribution is 2.54. The van der Waals surface area contributed by atoms with Crippen LogP contribution in [0.1, 0.15) is 28.9 Å². The Morgan fingerprint density at radius 1 is 1.32 bits per heavy atom. The summed E-state index contributed by atoms with van der Waals surface area (Å²) in [6, 6.07) is 6.51. The molecule has 0 bridgehead atoms. The molecule has 1 saturated carbocycles. The number of para-hydroxylation sites is 1. The van der Waals surface area contributed by atoms with E-state index < -0.39 is 5.82 Å². The lowest BCUT2D eigenvalue weighted by molar-refractivity contribution is -0.0403. The first-order chi connectivity index (χ1) is 18.0. The Labute approximate surface area is 214 Å². The quantitative estimate of drug-likeness (QED) is 0.450. The van der Waals surface area contributed by atoms with E-state index >= 15 is 0 Å². The number of anilines is 2. The van der Waals surface area contributed by atoms with Crippen molar-refractivity contribution in [1.29, 1.82) is 0 Å². The van der Waals surface area contributed by atoms with Gasteiger partial charge in [-0.25, -0.2) is 4.39 Å². The molecule has 1 amide bonds. The molecular weight excluding hydrogens is 477 g/mol. The van der Waals surface area contributed by atoms with Crippen molar-refractivity contribution >= 4 is 17.3 Å². The van der Waals surface area contributed by atoms with Crippen LogP contribution in [0.25, 0.3) is 11.3 Å². The molecule has 2 aromatic heterocycles. The largest absolute Gasteiger partial charge is 0.492 e. The molecule has 194 valence electrons. The Kier molecular flexibility index (Phi) is 6.00. The molecule has 2 aliphatic heterocycles. The van der Waals surface area contributed by atoms with Crippen LogP contribution >= 0.6 is 0 Å². The van der Waals surface area contributed by atoms with E-state index in [0.29, 0.717) is 48.1 Å². The van der Waals surface area contributed by atoms with Crippen LogP contribution in [0.5, 0.6) is 11.5 Å². The maximum absolute atomic E-state index is 14.5. The van der Waals surface area contributed by atoms with Crippen LogP contribution in [0, 0.1) is 5.82 Å². The van der Waals surface area contributed by atoms with Crippen LogP contribution in [0.15, 0.2) is 36.7 Å². The van der Waals surface area contributed by atoms with Gasteiger partial charge in [-0.2, -0.15) is 0 Å². The second kappa shape index (κ2) is 9.35. The first kappa shape index (κ1) is 23.7. The van der Waals surface area contributed by atoms with Gasteiger partial charge in [0.1, 0.15) is 18.5 Å². The van der Waals surface area contributed by atoms with E-state index in [-0.39, 0.29) is 23.2 Å². The number of nitrogens with zero attached hydrogens (tertiary/aromatic N) is 2. The number of methoxy groups -OCH3 is 1. The molecule has 3 N–H and O–H groups in total. The molecule has 1 atom stereocenters. The van der Waals surface area contributed by atoms with Crippen molar-refractivity contribution in [3.05, 3.63) is 53.7 Å². The average Bonchev–Trinajstić information content (AvgIpc) is 3.58.